The number of methoxy groups -OCH3 is 1. The molecule has 0 unspecified atom stereocenters. The van der Waals surface area contributed by atoms with Crippen molar-refractivity contribution in [3.63, 3.8) is 0 Å². The molecule has 2 aliphatic heterocycles. The van der Waals surface area contributed by atoms with Crippen LogP contribution in [0, 0.1) is 18.8 Å². The van der Waals surface area contributed by atoms with E-state index in [0.717, 1.165) is 69.9 Å². The van der Waals surface area contributed by atoms with Crippen LogP contribution in [0.3, 0.4) is 0 Å². The number of sulfone groups is 1. The molecule has 7 rings (SSSR count). The normalized spacial score (nSPS) is 23.3. The fourth-order valence-corrected chi connectivity index (χ4v) is 13.5. The molecule has 0 bridgehead atoms. The van der Waals surface area contributed by atoms with E-state index in [1.54, 1.807) is 7.11 Å². The fraction of sp³-hybridized carbons (Fsp3) is 0.553. The second-order valence-electron chi connectivity index (χ2n) is 14.4. The van der Waals surface area contributed by atoms with Gasteiger partial charge < -0.3 is 4.74 Å². The van der Waals surface area contributed by atoms with Gasteiger partial charge in [0.15, 0.2) is 0 Å². The number of aromatic nitrogens is 2. The van der Waals surface area contributed by atoms with E-state index in [4.69, 9.17) is 7.80 Å². The standard InChI is InChI=1S/C38H49IN4O6S/c1-27-22-32(10-13-36(27)48-2)29-8-6-28(7-9-29)25-42(35-5-3-4-31(23-35)33-24-40-43(26-33)34-11-12-34)37(44)30-14-16-39(17-15-30)49-38(45)41-18-20-50(46,47)21-19-41/h3-5,10,13,22-24,26,28-30,34H,6-9,11-12,14-21,25H2,1-2H3. The van der Waals surface area contributed by atoms with E-state index in [1.807, 2.05) is 6.20 Å². The van der Waals surface area contributed by atoms with Crippen LogP contribution in [-0.4, -0.2) is 82.2 Å². The third-order valence-corrected chi connectivity index (χ3v) is 17.2. The summed E-state index contributed by atoms with van der Waals surface area (Å²) in [5.41, 5.74) is 5.62. The Balaban J connectivity index is 1.02. The van der Waals surface area contributed by atoms with Gasteiger partial charge in [-0.05, 0) is 31.4 Å². The van der Waals surface area contributed by atoms with E-state index in [1.165, 1.54) is 28.9 Å². The molecule has 2 amide bonds. The van der Waals surface area contributed by atoms with Crippen molar-refractivity contribution in [2.45, 2.75) is 70.3 Å². The fourth-order valence-electron chi connectivity index (χ4n) is 7.62. The van der Waals surface area contributed by atoms with Crippen molar-refractivity contribution in [2.24, 2.45) is 11.8 Å². The van der Waals surface area contributed by atoms with Crippen LogP contribution in [0.1, 0.15) is 74.5 Å². The Morgan fingerprint density at radius 1 is 0.940 bits per heavy atom. The Morgan fingerprint density at radius 3 is 2.36 bits per heavy atom. The molecular weight excluding hydrogens is 767 g/mol. The van der Waals surface area contributed by atoms with Crippen LogP contribution in [0.4, 0.5) is 10.5 Å². The van der Waals surface area contributed by atoms with Crippen molar-refractivity contribution in [3.8, 4) is 16.9 Å². The number of hydrogen-bond acceptors (Lipinski definition) is 7. The Morgan fingerprint density at radius 2 is 1.68 bits per heavy atom. The zero-order valence-electron chi connectivity index (χ0n) is 29.1. The van der Waals surface area contributed by atoms with E-state index in [0.29, 0.717) is 24.4 Å². The van der Waals surface area contributed by atoms with Gasteiger partial charge in [0.05, 0.1) is 7.11 Å². The van der Waals surface area contributed by atoms with Gasteiger partial charge in [0.2, 0.25) is 0 Å². The van der Waals surface area contributed by atoms with Gasteiger partial charge in [-0.3, -0.25) is 0 Å². The van der Waals surface area contributed by atoms with Crippen LogP contribution in [0.25, 0.3) is 11.1 Å². The number of ether oxygens (including phenoxy) is 1. The minimum Gasteiger partial charge on any atom is -0.0361 e. The van der Waals surface area contributed by atoms with Gasteiger partial charge in [0.1, 0.15) is 5.75 Å². The van der Waals surface area contributed by atoms with Crippen molar-refractivity contribution in [1.82, 2.24) is 14.7 Å². The molecule has 2 aromatic carbocycles. The summed E-state index contributed by atoms with van der Waals surface area (Å²) in [6, 6.07) is 15.4. The number of carbonyl (C=O) groups is 2. The zero-order valence-corrected chi connectivity index (χ0v) is 32.1. The van der Waals surface area contributed by atoms with Crippen molar-refractivity contribution in [1.29, 1.82) is 0 Å². The summed E-state index contributed by atoms with van der Waals surface area (Å²) in [5, 5.41) is 4.61. The molecule has 2 saturated heterocycles. The van der Waals surface area contributed by atoms with Gasteiger partial charge in [0, 0.05) is 0 Å². The number of benzene rings is 2. The van der Waals surface area contributed by atoms with Crippen molar-refractivity contribution in [2.75, 3.05) is 52.0 Å². The smallest absolute Gasteiger partial charge is 0.0361 e. The molecule has 3 heterocycles. The number of nitrogens with zero attached hydrogens (tertiary/aromatic N) is 4. The monoisotopic (exact) mass is 816 g/mol. The first-order valence-electron chi connectivity index (χ1n) is 18.1. The number of rotatable bonds is 9. The number of alkyl halides is 2. The molecule has 0 radical (unpaired) electrons. The van der Waals surface area contributed by atoms with Crippen LogP contribution in [0.15, 0.2) is 54.9 Å². The van der Waals surface area contributed by atoms with Crippen molar-refractivity contribution >= 4 is 47.8 Å². The molecule has 0 N–H and O–H groups in total. The third kappa shape index (κ3) is 8.32. The topological polar surface area (TPSA) is 111 Å². The van der Waals surface area contributed by atoms with Gasteiger partial charge in [-0.25, -0.2) is 0 Å². The summed E-state index contributed by atoms with van der Waals surface area (Å²) in [6.07, 6.45) is 11.8. The summed E-state index contributed by atoms with van der Waals surface area (Å²) in [4.78, 5) is 30.9. The number of carbonyl (C=O) groups excluding carboxylic acids is 2. The van der Waals surface area contributed by atoms with Crippen LogP contribution >= 0.6 is 20.2 Å². The molecule has 1 aromatic heterocycles. The Kier molecular flexibility index (Phi) is 10.7. The molecule has 3 aromatic rings. The molecule has 50 heavy (non-hydrogen) atoms. The third-order valence-electron chi connectivity index (χ3n) is 10.9. The van der Waals surface area contributed by atoms with Gasteiger partial charge in [-0.1, -0.05) is 0 Å². The molecule has 2 aliphatic carbocycles. The number of anilines is 1. The van der Waals surface area contributed by atoms with Crippen LogP contribution in [-0.2, 0) is 17.7 Å². The molecule has 0 atom stereocenters. The predicted molar refractivity (Wildman–Crippen MR) is 204 cm³/mol. The first-order valence-corrected chi connectivity index (χ1v) is 23.8. The molecule has 12 heteroatoms. The first kappa shape index (κ1) is 35.3. The average Bonchev–Trinajstić information content (AvgIpc) is 3.86. The van der Waals surface area contributed by atoms with Crippen LogP contribution < -0.4 is 9.64 Å². The molecular formula is C38H49IN4O6S. The molecule has 0 spiro atoms. The first-order chi connectivity index (χ1) is 24.2. The van der Waals surface area contributed by atoms with Crippen molar-refractivity contribution < 1.29 is 25.8 Å². The Labute approximate surface area is 303 Å². The van der Waals surface area contributed by atoms with E-state index >= 15 is 0 Å². The van der Waals surface area contributed by atoms with Gasteiger partial charge in [-0.15, -0.1) is 0 Å². The van der Waals surface area contributed by atoms with Gasteiger partial charge in [0.25, 0.3) is 0 Å². The quantitative estimate of drug-likeness (QED) is 0.166. The molecule has 4 fully saturated rings. The second-order valence-corrected chi connectivity index (χ2v) is 21.7. The Hall–Kier alpha value is -3.13. The summed E-state index contributed by atoms with van der Waals surface area (Å²) < 4.78 is 38.7. The number of aryl methyl sites for hydroxylation is 1. The summed E-state index contributed by atoms with van der Waals surface area (Å²) in [7, 11) is -1.35. The van der Waals surface area contributed by atoms with E-state index in [-0.39, 0.29) is 42.5 Å². The number of amides is 2. The predicted octanol–water partition coefficient (Wildman–Crippen LogP) is 7.21. The molecule has 2 saturated carbocycles. The minimum absolute atomic E-state index is 0.00438. The van der Waals surface area contributed by atoms with E-state index in [9.17, 15) is 18.0 Å². The number of halogens is 1. The summed E-state index contributed by atoms with van der Waals surface area (Å²) in [5.74, 6) is 1.91. The van der Waals surface area contributed by atoms with E-state index < -0.39 is 30.1 Å². The minimum atomic E-state index is -3.07. The summed E-state index contributed by atoms with van der Waals surface area (Å²) in [6.45, 7) is 3.20. The maximum atomic E-state index is 14.5. The molecule has 4 aliphatic rings. The zero-order chi connectivity index (χ0) is 34.8. The number of hydrogen-bond donors (Lipinski definition) is 0. The van der Waals surface area contributed by atoms with Crippen molar-refractivity contribution in [3.05, 3.63) is 66.0 Å². The van der Waals surface area contributed by atoms with E-state index in [2.05, 4.69) is 70.3 Å². The average molecular weight is 817 g/mol. The molecule has 10 nitrogen and oxygen atoms in total. The van der Waals surface area contributed by atoms with Crippen LogP contribution in [0.2, 0.25) is 0 Å². The molecule has 270 valence electrons. The maximum absolute atomic E-state index is 14.5. The summed E-state index contributed by atoms with van der Waals surface area (Å²) >= 11 is -2.04. The second kappa shape index (κ2) is 15.2. The Bertz CT molecular complexity index is 1780. The van der Waals surface area contributed by atoms with Gasteiger partial charge in [-0.2, -0.15) is 0 Å². The SMILES string of the molecule is COc1ccc(C2CCC(CN(C(=O)C3CCI(OC(=O)N4CCS(=O)(=O)CC4)CC3)c3cccc(-c4cnn(C5CC5)c4)c3)CC2)cc1C. The van der Waals surface area contributed by atoms with Gasteiger partial charge >= 0.3 is 256 Å². The van der Waals surface area contributed by atoms with Crippen LogP contribution in [0.5, 0.6) is 5.75 Å².